The van der Waals surface area contributed by atoms with Gasteiger partial charge >= 0.3 is 0 Å². The van der Waals surface area contributed by atoms with E-state index in [2.05, 4.69) is 24.5 Å². The van der Waals surface area contributed by atoms with Crippen LogP contribution in [0.25, 0.3) is 0 Å². The monoisotopic (exact) mass is 337 g/mol. The van der Waals surface area contributed by atoms with Crippen molar-refractivity contribution in [1.82, 2.24) is 10.6 Å². The van der Waals surface area contributed by atoms with Crippen molar-refractivity contribution in [2.24, 2.45) is 10.4 Å². The minimum Gasteiger partial charge on any atom is -0.469 e. The third-order valence-corrected chi connectivity index (χ3v) is 4.64. The third-order valence-electron chi connectivity index (χ3n) is 4.64. The molecule has 136 valence electrons. The number of rotatable bonds is 9. The van der Waals surface area contributed by atoms with Crippen LogP contribution in [0, 0.1) is 5.41 Å². The van der Waals surface area contributed by atoms with E-state index in [-0.39, 0.29) is 12.0 Å². The number of hydrogen-bond acceptors (Lipinski definition) is 4. The van der Waals surface area contributed by atoms with Gasteiger partial charge in [-0.1, -0.05) is 6.92 Å². The molecule has 1 saturated heterocycles. The van der Waals surface area contributed by atoms with Gasteiger partial charge in [-0.05, 0) is 38.3 Å². The summed E-state index contributed by atoms with van der Waals surface area (Å²) in [6.45, 7) is 7.34. The van der Waals surface area contributed by atoms with Gasteiger partial charge in [-0.2, -0.15) is 0 Å². The summed E-state index contributed by atoms with van der Waals surface area (Å²) < 4.78 is 10.9. The molecular formula is C18H31N3O3. The average Bonchev–Trinajstić information content (AvgIpc) is 3.25. The van der Waals surface area contributed by atoms with Crippen molar-refractivity contribution in [3.63, 3.8) is 0 Å². The topological polar surface area (TPSA) is 79.0 Å². The zero-order chi connectivity index (χ0) is 17.3. The standard InChI is InChI=1S/C18H31N3O3/c1-3-15(2)21-17(19-9-6-16-5-4-11-24-16)20-13-18(7-10-22)8-12-23-14-18/h4-5,11,15,22H,3,6-10,12-14H2,1-2H3,(H2,19,20,21). The molecule has 1 aliphatic heterocycles. The van der Waals surface area contributed by atoms with E-state index >= 15 is 0 Å². The lowest BCUT2D eigenvalue weighted by molar-refractivity contribution is 0.131. The molecule has 0 spiro atoms. The van der Waals surface area contributed by atoms with Gasteiger partial charge in [-0.15, -0.1) is 0 Å². The Balaban J connectivity index is 1.92. The van der Waals surface area contributed by atoms with E-state index in [1.54, 1.807) is 6.26 Å². The number of ether oxygens (including phenoxy) is 1. The molecule has 2 rings (SSSR count). The molecule has 1 aliphatic rings. The van der Waals surface area contributed by atoms with Gasteiger partial charge in [0.1, 0.15) is 5.76 Å². The van der Waals surface area contributed by atoms with Crippen LogP contribution in [0.1, 0.15) is 38.9 Å². The van der Waals surface area contributed by atoms with Crippen molar-refractivity contribution in [3.05, 3.63) is 24.2 Å². The molecule has 0 amide bonds. The molecule has 0 aliphatic carbocycles. The van der Waals surface area contributed by atoms with Crippen LogP contribution in [0.15, 0.2) is 27.8 Å². The Morgan fingerprint density at radius 3 is 3.00 bits per heavy atom. The van der Waals surface area contributed by atoms with Crippen LogP contribution in [0.3, 0.4) is 0 Å². The fourth-order valence-corrected chi connectivity index (χ4v) is 2.78. The SMILES string of the molecule is CCC(C)NC(=NCC1(CCO)CCOC1)NCCc1ccco1. The van der Waals surface area contributed by atoms with Crippen molar-refractivity contribution < 1.29 is 14.3 Å². The first-order valence-electron chi connectivity index (χ1n) is 8.93. The molecule has 0 radical (unpaired) electrons. The summed E-state index contributed by atoms with van der Waals surface area (Å²) in [5, 5.41) is 16.2. The Bertz CT molecular complexity index is 482. The second-order valence-corrected chi connectivity index (χ2v) is 6.65. The number of nitrogens with zero attached hydrogens (tertiary/aromatic N) is 1. The van der Waals surface area contributed by atoms with Crippen LogP contribution >= 0.6 is 0 Å². The minimum absolute atomic E-state index is 0.0280. The lowest BCUT2D eigenvalue weighted by atomic mass is 9.84. The molecule has 24 heavy (non-hydrogen) atoms. The first-order valence-corrected chi connectivity index (χ1v) is 8.93. The summed E-state index contributed by atoms with van der Waals surface area (Å²) in [6.07, 6.45) is 5.24. The molecule has 2 unspecified atom stereocenters. The maximum atomic E-state index is 9.34. The van der Waals surface area contributed by atoms with E-state index in [0.717, 1.165) is 50.6 Å². The number of nitrogens with one attached hydrogen (secondary N) is 2. The number of furan rings is 1. The van der Waals surface area contributed by atoms with Crippen molar-refractivity contribution in [2.75, 3.05) is 32.9 Å². The van der Waals surface area contributed by atoms with Crippen molar-refractivity contribution >= 4 is 5.96 Å². The molecular weight excluding hydrogens is 306 g/mol. The van der Waals surface area contributed by atoms with Crippen LogP contribution in [-0.2, 0) is 11.2 Å². The van der Waals surface area contributed by atoms with Crippen molar-refractivity contribution in [2.45, 2.75) is 45.6 Å². The number of aliphatic hydroxyl groups is 1. The minimum atomic E-state index is -0.0280. The maximum absolute atomic E-state index is 9.34. The Labute approximate surface area is 144 Å². The molecule has 0 bridgehead atoms. The normalized spacial score (nSPS) is 22.5. The van der Waals surface area contributed by atoms with Gasteiger partial charge in [0, 0.05) is 37.6 Å². The molecule has 2 heterocycles. The maximum Gasteiger partial charge on any atom is 0.191 e. The molecule has 0 aromatic carbocycles. The Kier molecular flexibility index (Phi) is 7.59. The molecule has 6 heteroatoms. The molecule has 1 aromatic rings. The van der Waals surface area contributed by atoms with Gasteiger partial charge in [0.25, 0.3) is 0 Å². The average molecular weight is 337 g/mol. The van der Waals surface area contributed by atoms with Crippen molar-refractivity contribution in [1.29, 1.82) is 0 Å². The highest BCUT2D eigenvalue weighted by Crippen LogP contribution is 2.32. The summed E-state index contributed by atoms with van der Waals surface area (Å²) in [4.78, 5) is 4.78. The zero-order valence-electron chi connectivity index (χ0n) is 14.9. The predicted molar refractivity (Wildman–Crippen MR) is 95.2 cm³/mol. The fraction of sp³-hybridized carbons (Fsp3) is 0.722. The highest BCUT2D eigenvalue weighted by molar-refractivity contribution is 5.80. The van der Waals surface area contributed by atoms with Crippen LogP contribution in [-0.4, -0.2) is 50.0 Å². The van der Waals surface area contributed by atoms with Gasteiger partial charge in [-0.3, -0.25) is 4.99 Å². The lowest BCUT2D eigenvalue weighted by Gasteiger charge is -2.25. The van der Waals surface area contributed by atoms with E-state index in [4.69, 9.17) is 14.1 Å². The number of guanidine groups is 1. The van der Waals surface area contributed by atoms with Gasteiger partial charge in [0.05, 0.1) is 19.4 Å². The first kappa shape index (κ1) is 18.8. The number of hydrogen-bond donors (Lipinski definition) is 3. The largest absolute Gasteiger partial charge is 0.469 e. The van der Waals surface area contributed by atoms with Crippen LogP contribution < -0.4 is 10.6 Å². The molecule has 2 atom stereocenters. The molecule has 6 nitrogen and oxygen atoms in total. The molecule has 1 fully saturated rings. The van der Waals surface area contributed by atoms with Crippen LogP contribution in [0.5, 0.6) is 0 Å². The van der Waals surface area contributed by atoms with Crippen molar-refractivity contribution in [3.8, 4) is 0 Å². The predicted octanol–water partition coefficient (Wildman–Crippen LogP) is 1.94. The highest BCUT2D eigenvalue weighted by atomic mass is 16.5. The van der Waals surface area contributed by atoms with Gasteiger partial charge < -0.3 is 24.9 Å². The summed E-state index contributed by atoms with van der Waals surface area (Å²) in [5.74, 6) is 1.78. The first-order chi connectivity index (χ1) is 11.7. The third kappa shape index (κ3) is 5.83. The second kappa shape index (κ2) is 9.69. The summed E-state index contributed by atoms with van der Waals surface area (Å²) in [5.41, 5.74) is -0.0280. The second-order valence-electron chi connectivity index (χ2n) is 6.65. The van der Waals surface area contributed by atoms with Gasteiger partial charge in [0.15, 0.2) is 5.96 Å². The lowest BCUT2D eigenvalue weighted by Crippen LogP contribution is -2.43. The number of aliphatic imine (C=N–C) groups is 1. The summed E-state index contributed by atoms with van der Waals surface area (Å²) in [6, 6.07) is 4.24. The number of aliphatic hydroxyl groups excluding tert-OH is 1. The van der Waals surface area contributed by atoms with Crippen LogP contribution in [0.2, 0.25) is 0 Å². The van der Waals surface area contributed by atoms with E-state index in [1.165, 1.54) is 0 Å². The summed E-state index contributed by atoms with van der Waals surface area (Å²) >= 11 is 0. The van der Waals surface area contributed by atoms with Gasteiger partial charge in [0.2, 0.25) is 0 Å². The van der Waals surface area contributed by atoms with Gasteiger partial charge in [-0.25, -0.2) is 0 Å². The molecule has 3 N–H and O–H groups in total. The molecule has 0 saturated carbocycles. The quantitative estimate of drug-likeness (QED) is 0.474. The summed E-state index contributed by atoms with van der Waals surface area (Å²) in [7, 11) is 0. The Morgan fingerprint density at radius 1 is 1.50 bits per heavy atom. The van der Waals surface area contributed by atoms with Crippen LogP contribution in [0.4, 0.5) is 0 Å². The Hall–Kier alpha value is -1.53. The van der Waals surface area contributed by atoms with E-state index in [9.17, 15) is 5.11 Å². The van der Waals surface area contributed by atoms with E-state index < -0.39 is 0 Å². The van der Waals surface area contributed by atoms with E-state index in [1.807, 2.05) is 12.1 Å². The fourth-order valence-electron chi connectivity index (χ4n) is 2.78. The molecule has 1 aromatic heterocycles. The smallest absolute Gasteiger partial charge is 0.191 e. The zero-order valence-corrected chi connectivity index (χ0v) is 14.9. The highest BCUT2D eigenvalue weighted by Gasteiger charge is 2.34. The Morgan fingerprint density at radius 2 is 2.38 bits per heavy atom. The van der Waals surface area contributed by atoms with E-state index in [0.29, 0.717) is 19.2 Å².